The summed E-state index contributed by atoms with van der Waals surface area (Å²) in [5.74, 6) is -2.93. The molecule has 0 aliphatic rings. The van der Waals surface area contributed by atoms with E-state index in [0.717, 1.165) is 0 Å². The molecule has 0 saturated carbocycles. The van der Waals surface area contributed by atoms with Crippen LogP contribution in [0.1, 0.15) is 6.92 Å². The zero-order valence-corrected chi connectivity index (χ0v) is 9.32. The first-order valence-corrected chi connectivity index (χ1v) is 5.56. The molecule has 0 aliphatic carbocycles. The third kappa shape index (κ3) is 6.54. The van der Waals surface area contributed by atoms with Gasteiger partial charge in [0.15, 0.2) is 0 Å². The fraction of sp³-hybridized carbons (Fsp3) is 0.750. The predicted molar refractivity (Wildman–Crippen MR) is 53.2 cm³/mol. The van der Waals surface area contributed by atoms with E-state index < -0.39 is 24.0 Å². The van der Waals surface area contributed by atoms with E-state index in [9.17, 15) is 22.8 Å². The molecule has 94 valence electrons. The molecule has 0 rings (SSSR count). The lowest BCUT2D eigenvalue weighted by molar-refractivity contribution is -0.173. The molecule has 0 aromatic heterocycles. The molecule has 16 heavy (non-hydrogen) atoms. The van der Waals surface area contributed by atoms with Gasteiger partial charge in [-0.05, 0) is 0 Å². The van der Waals surface area contributed by atoms with Crippen LogP contribution in [0.15, 0.2) is 0 Å². The van der Waals surface area contributed by atoms with E-state index in [4.69, 9.17) is 5.11 Å². The van der Waals surface area contributed by atoms with Gasteiger partial charge in [0, 0.05) is 18.1 Å². The molecule has 0 bridgehead atoms. The maximum atomic E-state index is 11.7. The Morgan fingerprint density at radius 3 is 2.44 bits per heavy atom. The van der Waals surface area contributed by atoms with Crippen LogP contribution >= 0.6 is 11.8 Å². The molecular weight excluding hydrogens is 247 g/mol. The van der Waals surface area contributed by atoms with E-state index in [1.54, 1.807) is 5.32 Å². The number of halogens is 3. The number of nitrogens with one attached hydrogen (secondary N) is 1. The molecule has 0 fully saturated rings. The number of carboxylic acid groups (broad SMARTS) is 1. The van der Waals surface area contributed by atoms with Crippen LogP contribution in [0, 0.1) is 5.92 Å². The first-order valence-electron chi connectivity index (χ1n) is 4.40. The van der Waals surface area contributed by atoms with E-state index in [-0.39, 0.29) is 12.3 Å². The van der Waals surface area contributed by atoms with Crippen molar-refractivity contribution in [1.82, 2.24) is 5.32 Å². The summed E-state index contributed by atoms with van der Waals surface area (Å²) in [7, 11) is 0. The van der Waals surface area contributed by atoms with E-state index in [1.807, 2.05) is 0 Å². The van der Waals surface area contributed by atoms with Gasteiger partial charge in [-0.25, -0.2) is 0 Å². The average molecular weight is 259 g/mol. The molecule has 0 saturated heterocycles. The number of carbonyl (C=O) groups is 2. The largest absolute Gasteiger partial charge is 0.481 e. The van der Waals surface area contributed by atoms with E-state index in [0.29, 0.717) is 5.75 Å². The highest BCUT2D eigenvalue weighted by Crippen LogP contribution is 2.14. The second kappa shape index (κ2) is 6.62. The SMILES string of the molecule is CC(CSCCNC(=O)C(F)(F)F)C(=O)O. The number of aliphatic carboxylic acids is 1. The number of carboxylic acids is 1. The molecule has 8 heteroatoms. The van der Waals surface area contributed by atoms with Crippen molar-refractivity contribution in [3.8, 4) is 0 Å². The fourth-order valence-corrected chi connectivity index (χ4v) is 1.58. The van der Waals surface area contributed by atoms with Crippen LogP contribution in [-0.4, -0.2) is 41.2 Å². The summed E-state index contributed by atoms with van der Waals surface area (Å²) in [5, 5.41) is 10.2. The monoisotopic (exact) mass is 259 g/mol. The molecule has 0 aromatic rings. The normalized spacial score (nSPS) is 13.2. The summed E-state index contributed by atoms with van der Waals surface area (Å²) >= 11 is 1.18. The van der Waals surface area contributed by atoms with Gasteiger partial charge < -0.3 is 10.4 Å². The van der Waals surface area contributed by atoms with Crippen molar-refractivity contribution in [2.24, 2.45) is 5.92 Å². The van der Waals surface area contributed by atoms with Crippen LogP contribution in [0.25, 0.3) is 0 Å². The lowest BCUT2D eigenvalue weighted by atomic mass is 10.2. The highest BCUT2D eigenvalue weighted by Gasteiger charge is 2.38. The van der Waals surface area contributed by atoms with Gasteiger partial charge in [-0.2, -0.15) is 24.9 Å². The standard InChI is InChI=1S/C8H12F3NO3S/c1-5(6(13)14)4-16-3-2-12-7(15)8(9,10)11/h5H,2-4H2,1H3,(H,12,15)(H,13,14). The number of hydrogen-bond donors (Lipinski definition) is 2. The first kappa shape index (κ1) is 15.1. The Balaban J connectivity index is 3.55. The number of amides is 1. The van der Waals surface area contributed by atoms with Crippen molar-refractivity contribution < 1.29 is 27.9 Å². The quantitative estimate of drug-likeness (QED) is 0.701. The van der Waals surface area contributed by atoms with E-state index in [1.165, 1.54) is 18.7 Å². The lowest BCUT2D eigenvalue weighted by Crippen LogP contribution is -2.37. The molecule has 0 heterocycles. The highest BCUT2D eigenvalue weighted by molar-refractivity contribution is 7.99. The Morgan fingerprint density at radius 2 is 2.00 bits per heavy atom. The molecule has 1 amide bonds. The van der Waals surface area contributed by atoms with Crippen molar-refractivity contribution in [1.29, 1.82) is 0 Å². The van der Waals surface area contributed by atoms with Crippen molar-refractivity contribution in [2.75, 3.05) is 18.1 Å². The minimum absolute atomic E-state index is 0.130. The highest BCUT2D eigenvalue weighted by atomic mass is 32.2. The minimum atomic E-state index is -4.86. The Bertz CT molecular complexity index is 257. The fourth-order valence-electron chi connectivity index (χ4n) is 0.668. The van der Waals surface area contributed by atoms with Crippen molar-refractivity contribution in [3.05, 3.63) is 0 Å². The zero-order chi connectivity index (χ0) is 12.8. The molecule has 0 radical (unpaired) electrons. The minimum Gasteiger partial charge on any atom is -0.481 e. The zero-order valence-electron chi connectivity index (χ0n) is 8.50. The molecule has 4 nitrogen and oxygen atoms in total. The first-order chi connectivity index (χ1) is 7.25. The number of alkyl halides is 3. The Kier molecular flexibility index (Phi) is 6.24. The molecule has 0 aliphatic heterocycles. The van der Waals surface area contributed by atoms with Gasteiger partial charge >= 0.3 is 18.1 Å². The topological polar surface area (TPSA) is 66.4 Å². The number of hydrogen-bond acceptors (Lipinski definition) is 3. The van der Waals surface area contributed by atoms with Gasteiger partial charge in [-0.1, -0.05) is 6.92 Å². The Morgan fingerprint density at radius 1 is 1.44 bits per heavy atom. The molecule has 0 spiro atoms. The van der Waals surface area contributed by atoms with E-state index in [2.05, 4.69) is 0 Å². The van der Waals surface area contributed by atoms with Crippen molar-refractivity contribution in [2.45, 2.75) is 13.1 Å². The number of carbonyl (C=O) groups excluding carboxylic acids is 1. The summed E-state index contributed by atoms with van der Waals surface area (Å²) in [6, 6.07) is 0. The Hall–Kier alpha value is -0.920. The molecular formula is C8H12F3NO3S. The third-order valence-corrected chi connectivity index (χ3v) is 2.81. The number of thioether (sulfide) groups is 1. The van der Waals surface area contributed by atoms with Crippen molar-refractivity contribution >= 4 is 23.6 Å². The van der Waals surface area contributed by atoms with Crippen LogP contribution in [0.5, 0.6) is 0 Å². The summed E-state index contributed by atoms with van der Waals surface area (Å²) < 4.78 is 35.1. The predicted octanol–water partition coefficient (Wildman–Crippen LogP) is 1.12. The van der Waals surface area contributed by atoms with Crippen molar-refractivity contribution in [3.63, 3.8) is 0 Å². The van der Waals surface area contributed by atoms with Gasteiger partial charge in [0.2, 0.25) is 0 Å². The van der Waals surface area contributed by atoms with Crippen LogP contribution < -0.4 is 5.32 Å². The molecule has 1 atom stereocenters. The van der Waals surface area contributed by atoms with Crippen LogP contribution in [0.3, 0.4) is 0 Å². The second-order valence-corrected chi connectivity index (χ2v) is 4.22. The lowest BCUT2D eigenvalue weighted by Gasteiger charge is -2.08. The van der Waals surface area contributed by atoms with E-state index >= 15 is 0 Å². The van der Waals surface area contributed by atoms with Gasteiger partial charge in [-0.3, -0.25) is 9.59 Å². The van der Waals surface area contributed by atoms with Gasteiger partial charge in [-0.15, -0.1) is 0 Å². The maximum absolute atomic E-state index is 11.7. The van der Waals surface area contributed by atoms with Crippen LogP contribution in [0.2, 0.25) is 0 Å². The van der Waals surface area contributed by atoms with Gasteiger partial charge in [0.05, 0.1) is 5.92 Å². The third-order valence-electron chi connectivity index (χ3n) is 1.58. The molecule has 2 N–H and O–H groups in total. The summed E-state index contributed by atoms with van der Waals surface area (Å²) in [6.07, 6.45) is -4.86. The van der Waals surface area contributed by atoms with Crippen LogP contribution in [0.4, 0.5) is 13.2 Å². The molecule has 0 aromatic carbocycles. The maximum Gasteiger partial charge on any atom is 0.471 e. The second-order valence-electron chi connectivity index (χ2n) is 3.07. The Labute approximate surface area is 94.6 Å². The van der Waals surface area contributed by atoms with Gasteiger partial charge in [0.25, 0.3) is 0 Å². The molecule has 1 unspecified atom stereocenters. The average Bonchev–Trinajstić information content (AvgIpc) is 2.14. The summed E-state index contributed by atoms with van der Waals surface area (Å²) in [6.45, 7) is 1.37. The van der Waals surface area contributed by atoms with Gasteiger partial charge in [0.1, 0.15) is 0 Å². The number of rotatable bonds is 6. The summed E-state index contributed by atoms with van der Waals surface area (Å²) in [5.41, 5.74) is 0. The van der Waals surface area contributed by atoms with Crippen LogP contribution in [-0.2, 0) is 9.59 Å². The smallest absolute Gasteiger partial charge is 0.471 e. The summed E-state index contributed by atoms with van der Waals surface area (Å²) in [4.78, 5) is 20.7.